The molecule has 1 aliphatic heterocycles. The summed E-state index contributed by atoms with van der Waals surface area (Å²) in [6.45, 7) is 2.10. The van der Waals surface area contributed by atoms with Crippen LogP contribution in [0.2, 0.25) is 0 Å². The van der Waals surface area contributed by atoms with Crippen LogP contribution in [-0.4, -0.2) is 28.5 Å². The van der Waals surface area contributed by atoms with Gasteiger partial charge in [0, 0.05) is 25.4 Å². The molecule has 20 heavy (non-hydrogen) atoms. The fourth-order valence-corrected chi connectivity index (χ4v) is 2.35. The Morgan fingerprint density at radius 2 is 2.30 bits per heavy atom. The van der Waals surface area contributed by atoms with E-state index in [9.17, 15) is 4.79 Å². The van der Waals surface area contributed by atoms with Crippen molar-refractivity contribution in [3.63, 3.8) is 0 Å². The molecule has 0 atom stereocenters. The summed E-state index contributed by atoms with van der Waals surface area (Å²) < 4.78 is 0. The maximum absolute atomic E-state index is 12.1. The molecule has 2 aromatic heterocycles. The minimum absolute atomic E-state index is 0.0284. The van der Waals surface area contributed by atoms with Gasteiger partial charge in [-0.3, -0.25) is 14.8 Å². The Morgan fingerprint density at radius 3 is 3.10 bits per heavy atom. The lowest BCUT2D eigenvalue weighted by molar-refractivity contribution is 0.616. The number of hydrogen-bond donors (Lipinski definition) is 2. The number of H-pyrrole nitrogens is 1. The summed E-state index contributed by atoms with van der Waals surface area (Å²) in [5.41, 5.74) is 2.56. The third-order valence-corrected chi connectivity index (χ3v) is 3.42. The number of pyridine rings is 1. The molecule has 0 aliphatic carbocycles. The number of hydrogen-bond acceptors (Lipinski definition) is 5. The zero-order valence-electron chi connectivity index (χ0n) is 11.4. The number of aromatic amines is 1. The monoisotopic (exact) mass is 271 g/mol. The maximum atomic E-state index is 12.1. The predicted octanol–water partition coefficient (Wildman–Crippen LogP) is 0.447. The summed E-state index contributed by atoms with van der Waals surface area (Å²) in [4.78, 5) is 25.7. The molecule has 3 heterocycles. The Balaban J connectivity index is 1.87. The molecule has 0 spiro atoms. The van der Waals surface area contributed by atoms with Gasteiger partial charge in [-0.25, -0.2) is 4.98 Å². The van der Waals surface area contributed by atoms with E-state index in [1.165, 1.54) is 0 Å². The second kappa shape index (κ2) is 5.42. The molecule has 0 amide bonds. The van der Waals surface area contributed by atoms with Crippen LogP contribution in [0.4, 0.5) is 5.95 Å². The average Bonchev–Trinajstić information content (AvgIpc) is 2.48. The highest BCUT2D eigenvalue weighted by molar-refractivity contribution is 5.34. The van der Waals surface area contributed by atoms with E-state index in [1.54, 1.807) is 6.20 Å². The van der Waals surface area contributed by atoms with Crippen LogP contribution in [0.25, 0.3) is 0 Å². The van der Waals surface area contributed by atoms with Crippen molar-refractivity contribution in [3.05, 3.63) is 51.7 Å². The highest BCUT2D eigenvalue weighted by Crippen LogP contribution is 2.12. The maximum Gasteiger partial charge on any atom is 0.255 e. The molecule has 0 aromatic carbocycles. The summed E-state index contributed by atoms with van der Waals surface area (Å²) in [7, 11) is 1.90. The molecular formula is C14H17N5O. The fourth-order valence-electron chi connectivity index (χ4n) is 2.35. The SMILES string of the molecule is CN(Cc1ccccn1)c1nc2c(c(=O)[nH]1)CCNC2. The molecule has 0 radical (unpaired) electrons. The van der Waals surface area contributed by atoms with Gasteiger partial charge in [0.15, 0.2) is 0 Å². The normalized spacial score (nSPS) is 13.8. The first-order valence-corrected chi connectivity index (χ1v) is 6.68. The van der Waals surface area contributed by atoms with Crippen LogP contribution in [-0.2, 0) is 19.5 Å². The largest absolute Gasteiger partial charge is 0.339 e. The molecule has 0 fully saturated rings. The van der Waals surface area contributed by atoms with Crippen molar-refractivity contribution >= 4 is 5.95 Å². The molecule has 6 heteroatoms. The van der Waals surface area contributed by atoms with Crippen LogP contribution in [0.5, 0.6) is 0 Å². The van der Waals surface area contributed by atoms with E-state index >= 15 is 0 Å². The number of nitrogens with zero attached hydrogens (tertiary/aromatic N) is 3. The third kappa shape index (κ3) is 2.55. The summed E-state index contributed by atoms with van der Waals surface area (Å²) >= 11 is 0. The number of aromatic nitrogens is 3. The first-order chi connectivity index (χ1) is 9.74. The predicted molar refractivity (Wildman–Crippen MR) is 76.6 cm³/mol. The van der Waals surface area contributed by atoms with Gasteiger partial charge in [0.2, 0.25) is 5.95 Å². The number of fused-ring (bicyclic) bond motifs is 1. The van der Waals surface area contributed by atoms with Gasteiger partial charge in [-0.15, -0.1) is 0 Å². The molecular weight excluding hydrogens is 254 g/mol. The molecule has 1 aliphatic rings. The molecule has 6 nitrogen and oxygen atoms in total. The van der Waals surface area contributed by atoms with Crippen molar-refractivity contribution in [2.45, 2.75) is 19.5 Å². The van der Waals surface area contributed by atoms with Crippen molar-refractivity contribution in [1.82, 2.24) is 20.3 Å². The van der Waals surface area contributed by atoms with Gasteiger partial charge in [0.1, 0.15) is 0 Å². The van der Waals surface area contributed by atoms with Gasteiger partial charge >= 0.3 is 0 Å². The highest BCUT2D eigenvalue weighted by Gasteiger charge is 2.16. The molecule has 0 saturated heterocycles. The van der Waals surface area contributed by atoms with Crippen LogP contribution in [0.15, 0.2) is 29.2 Å². The van der Waals surface area contributed by atoms with Crippen LogP contribution >= 0.6 is 0 Å². The minimum Gasteiger partial charge on any atom is -0.339 e. The van der Waals surface area contributed by atoms with Crippen molar-refractivity contribution in [2.24, 2.45) is 0 Å². The second-order valence-electron chi connectivity index (χ2n) is 4.92. The molecule has 104 valence electrons. The van der Waals surface area contributed by atoms with Crippen molar-refractivity contribution in [3.8, 4) is 0 Å². The quantitative estimate of drug-likeness (QED) is 0.847. The fraction of sp³-hybridized carbons (Fsp3) is 0.357. The van der Waals surface area contributed by atoms with E-state index in [4.69, 9.17) is 0 Å². The Morgan fingerprint density at radius 1 is 1.40 bits per heavy atom. The van der Waals surface area contributed by atoms with E-state index in [0.717, 1.165) is 29.9 Å². The zero-order valence-corrected chi connectivity index (χ0v) is 11.4. The van der Waals surface area contributed by atoms with Gasteiger partial charge in [-0.05, 0) is 25.1 Å². The van der Waals surface area contributed by atoms with Crippen molar-refractivity contribution in [2.75, 3.05) is 18.5 Å². The van der Waals surface area contributed by atoms with Crippen LogP contribution < -0.4 is 15.8 Å². The lowest BCUT2D eigenvalue weighted by atomic mass is 10.1. The topological polar surface area (TPSA) is 73.9 Å². The summed E-state index contributed by atoms with van der Waals surface area (Å²) in [6.07, 6.45) is 2.50. The van der Waals surface area contributed by atoms with Crippen LogP contribution in [0.3, 0.4) is 0 Å². The molecule has 0 bridgehead atoms. The Bertz CT molecular complexity index is 652. The van der Waals surface area contributed by atoms with E-state index in [2.05, 4.69) is 20.3 Å². The van der Waals surface area contributed by atoms with Gasteiger partial charge < -0.3 is 10.2 Å². The number of anilines is 1. The third-order valence-electron chi connectivity index (χ3n) is 3.42. The van der Waals surface area contributed by atoms with Gasteiger partial charge in [0.25, 0.3) is 5.56 Å². The lowest BCUT2D eigenvalue weighted by Gasteiger charge is -2.21. The van der Waals surface area contributed by atoms with Crippen LogP contribution in [0, 0.1) is 0 Å². The van der Waals surface area contributed by atoms with E-state index in [0.29, 0.717) is 19.0 Å². The van der Waals surface area contributed by atoms with Gasteiger partial charge in [-0.1, -0.05) is 6.07 Å². The number of nitrogens with one attached hydrogen (secondary N) is 2. The molecule has 3 rings (SSSR count). The molecule has 2 N–H and O–H groups in total. The molecule has 0 unspecified atom stereocenters. The van der Waals surface area contributed by atoms with Crippen molar-refractivity contribution < 1.29 is 0 Å². The number of rotatable bonds is 3. The smallest absolute Gasteiger partial charge is 0.255 e. The second-order valence-corrected chi connectivity index (χ2v) is 4.92. The van der Waals surface area contributed by atoms with Gasteiger partial charge in [0.05, 0.1) is 17.9 Å². The Hall–Kier alpha value is -2.21. The summed E-state index contributed by atoms with van der Waals surface area (Å²) in [5, 5.41) is 3.24. The standard InChI is InChI=1S/C14H17N5O/c1-19(9-10-4-2-3-6-16-10)14-17-12-8-15-7-5-11(12)13(20)18-14/h2-4,6,15H,5,7-9H2,1H3,(H,17,18,20). The molecule has 0 saturated carbocycles. The Labute approximate surface area is 116 Å². The van der Waals surface area contributed by atoms with Crippen molar-refractivity contribution in [1.29, 1.82) is 0 Å². The zero-order chi connectivity index (χ0) is 13.9. The average molecular weight is 271 g/mol. The van der Waals surface area contributed by atoms with Crippen LogP contribution in [0.1, 0.15) is 17.0 Å². The van der Waals surface area contributed by atoms with E-state index < -0.39 is 0 Å². The first kappa shape index (κ1) is 12.8. The molecule has 2 aromatic rings. The van der Waals surface area contributed by atoms with E-state index in [-0.39, 0.29) is 5.56 Å². The lowest BCUT2D eigenvalue weighted by Crippen LogP contribution is -2.33. The Kier molecular flexibility index (Phi) is 3.47. The minimum atomic E-state index is -0.0284. The highest BCUT2D eigenvalue weighted by atomic mass is 16.1. The summed E-state index contributed by atoms with van der Waals surface area (Å²) in [5.74, 6) is 0.586. The van der Waals surface area contributed by atoms with Gasteiger partial charge in [-0.2, -0.15) is 0 Å². The first-order valence-electron chi connectivity index (χ1n) is 6.68. The summed E-state index contributed by atoms with van der Waals surface area (Å²) in [6, 6.07) is 5.78. The van der Waals surface area contributed by atoms with E-state index in [1.807, 2.05) is 30.1 Å².